The van der Waals surface area contributed by atoms with Crippen LogP contribution >= 0.6 is 11.6 Å². The Morgan fingerprint density at radius 1 is 1.16 bits per heavy atom. The molecule has 168 valence electrons. The lowest BCUT2D eigenvalue weighted by Crippen LogP contribution is -2.13. The summed E-state index contributed by atoms with van der Waals surface area (Å²) in [6, 6.07) is 7.09. The first-order chi connectivity index (χ1) is 15.4. The fraction of sp³-hybridized carbons (Fsp3) is 0.273. The number of hydrogen-bond donors (Lipinski definition) is 3. The molecule has 3 rings (SSSR count). The van der Waals surface area contributed by atoms with Gasteiger partial charge in [-0.2, -0.15) is 0 Å². The van der Waals surface area contributed by atoms with E-state index in [-0.39, 0.29) is 24.5 Å². The minimum Gasteiger partial charge on any atom is -0.495 e. The van der Waals surface area contributed by atoms with E-state index in [0.29, 0.717) is 45.3 Å². The maximum atomic E-state index is 12.0. The van der Waals surface area contributed by atoms with Crippen LogP contribution in [0.2, 0.25) is 5.02 Å². The molecule has 0 aliphatic heterocycles. The average molecular weight is 459 g/mol. The minimum atomic E-state index is -1.05. The molecule has 0 radical (unpaired) electrons. The number of rotatable bonds is 9. The van der Waals surface area contributed by atoms with Crippen molar-refractivity contribution in [3.8, 4) is 11.5 Å². The number of benzene rings is 2. The summed E-state index contributed by atoms with van der Waals surface area (Å²) in [6.07, 6.45) is 1.27. The lowest BCUT2D eigenvalue weighted by molar-refractivity contribution is -0.136. The Bertz CT molecular complexity index is 1170. The lowest BCUT2D eigenvalue weighted by atomic mass is 10.0. The Morgan fingerprint density at radius 3 is 2.56 bits per heavy atom. The number of fused-ring (bicyclic) bond motifs is 1. The van der Waals surface area contributed by atoms with Crippen LogP contribution in [0.3, 0.4) is 0 Å². The maximum Gasteiger partial charge on any atom is 0.308 e. The number of aromatic nitrogens is 2. The normalized spacial score (nSPS) is 10.6. The van der Waals surface area contributed by atoms with E-state index >= 15 is 0 Å². The molecule has 1 heterocycles. The summed E-state index contributed by atoms with van der Waals surface area (Å²) in [7, 11) is 2.96. The zero-order valence-corrected chi connectivity index (χ0v) is 18.6. The second-order valence-electron chi connectivity index (χ2n) is 6.85. The second-order valence-corrected chi connectivity index (χ2v) is 7.26. The molecule has 0 aliphatic rings. The van der Waals surface area contributed by atoms with E-state index in [1.54, 1.807) is 32.2 Å². The molecule has 3 N–H and O–H groups in total. The highest BCUT2D eigenvalue weighted by atomic mass is 35.5. The fourth-order valence-corrected chi connectivity index (χ4v) is 3.56. The standard InChI is InChI=1S/C22H23ClN4O5/c1-4-18(28)27-16-8-14-20(13(9-19(29)30)21(16)32-3)25-11-26-22(14)24-10-12-5-6-17(31-2)15(23)7-12/h5-8,11H,4,9-10H2,1-3H3,(H,27,28)(H,29,30)(H,24,25,26). The molecule has 9 nitrogen and oxygen atoms in total. The predicted octanol–water partition coefficient (Wildman–Crippen LogP) is 3.89. The van der Waals surface area contributed by atoms with Crippen molar-refractivity contribution in [1.82, 2.24) is 9.97 Å². The van der Waals surface area contributed by atoms with Crippen molar-refractivity contribution >= 4 is 45.9 Å². The number of hydrogen-bond acceptors (Lipinski definition) is 7. The Balaban J connectivity index is 2.07. The third kappa shape index (κ3) is 5.00. The highest BCUT2D eigenvalue weighted by molar-refractivity contribution is 6.32. The summed E-state index contributed by atoms with van der Waals surface area (Å²) in [6.45, 7) is 2.11. The average Bonchev–Trinajstić information content (AvgIpc) is 2.77. The summed E-state index contributed by atoms with van der Waals surface area (Å²) in [5.41, 5.74) is 2.01. The molecule has 32 heavy (non-hydrogen) atoms. The molecule has 0 fully saturated rings. The van der Waals surface area contributed by atoms with E-state index in [2.05, 4.69) is 20.6 Å². The number of aliphatic carboxylic acids is 1. The van der Waals surface area contributed by atoms with Crippen LogP contribution in [0.15, 0.2) is 30.6 Å². The summed E-state index contributed by atoms with van der Waals surface area (Å²) in [5, 5.41) is 16.5. The van der Waals surface area contributed by atoms with E-state index in [9.17, 15) is 14.7 Å². The van der Waals surface area contributed by atoms with Crippen molar-refractivity contribution in [1.29, 1.82) is 0 Å². The molecule has 0 aliphatic carbocycles. The molecule has 0 saturated heterocycles. The van der Waals surface area contributed by atoms with Crippen LogP contribution in [-0.4, -0.2) is 41.2 Å². The van der Waals surface area contributed by atoms with Gasteiger partial charge < -0.3 is 25.2 Å². The van der Waals surface area contributed by atoms with Gasteiger partial charge in [-0.3, -0.25) is 9.59 Å². The number of anilines is 2. The van der Waals surface area contributed by atoms with Crippen LogP contribution in [0.4, 0.5) is 11.5 Å². The Kier molecular flexibility index (Phi) is 7.32. The van der Waals surface area contributed by atoms with Gasteiger partial charge in [-0.05, 0) is 23.8 Å². The second kappa shape index (κ2) is 10.1. The lowest BCUT2D eigenvalue weighted by Gasteiger charge is -2.17. The van der Waals surface area contributed by atoms with Crippen LogP contribution in [-0.2, 0) is 22.6 Å². The van der Waals surface area contributed by atoms with Gasteiger partial charge in [0, 0.05) is 23.9 Å². The van der Waals surface area contributed by atoms with Crippen molar-refractivity contribution in [2.75, 3.05) is 24.9 Å². The molecule has 3 aromatic rings. The SMILES string of the molecule is CCC(=O)Nc1cc2c(NCc3ccc(OC)c(Cl)c3)ncnc2c(CC(=O)O)c1OC. The minimum absolute atomic E-state index is 0.233. The Morgan fingerprint density at radius 2 is 1.94 bits per heavy atom. The first-order valence-corrected chi connectivity index (χ1v) is 10.2. The third-order valence-electron chi connectivity index (χ3n) is 4.78. The van der Waals surface area contributed by atoms with Crippen molar-refractivity contribution < 1.29 is 24.2 Å². The van der Waals surface area contributed by atoms with Crippen LogP contribution in [0.25, 0.3) is 10.9 Å². The number of methoxy groups -OCH3 is 2. The molecule has 2 aromatic carbocycles. The summed E-state index contributed by atoms with van der Waals surface area (Å²) in [5.74, 6) is 0.0221. The number of amides is 1. The van der Waals surface area contributed by atoms with Crippen LogP contribution < -0.4 is 20.1 Å². The Hall–Kier alpha value is -3.59. The van der Waals surface area contributed by atoms with Gasteiger partial charge in [0.05, 0.1) is 36.9 Å². The molecular formula is C22H23ClN4O5. The summed E-state index contributed by atoms with van der Waals surface area (Å²) < 4.78 is 10.6. The molecular weight excluding hydrogens is 436 g/mol. The number of carbonyl (C=O) groups is 2. The fourth-order valence-electron chi connectivity index (χ4n) is 3.28. The van der Waals surface area contributed by atoms with Crippen molar-refractivity contribution in [2.45, 2.75) is 26.3 Å². The smallest absolute Gasteiger partial charge is 0.308 e. The molecule has 1 amide bonds. The van der Waals surface area contributed by atoms with Crippen molar-refractivity contribution in [2.24, 2.45) is 0 Å². The number of ether oxygens (including phenoxy) is 2. The topological polar surface area (TPSA) is 123 Å². The van der Waals surface area contributed by atoms with Crippen LogP contribution in [0, 0.1) is 0 Å². The van der Waals surface area contributed by atoms with Gasteiger partial charge in [0.2, 0.25) is 5.91 Å². The van der Waals surface area contributed by atoms with E-state index in [1.165, 1.54) is 13.4 Å². The molecule has 1 aromatic heterocycles. The van der Waals surface area contributed by atoms with Crippen LogP contribution in [0.5, 0.6) is 11.5 Å². The Labute approximate surface area is 189 Å². The van der Waals surface area contributed by atoms with E-state index in [0.717, 1.165) is 5.56 Å². The van der Waals surface area contributed by atoms with Gasteiger partial charge in [0.15, 0.2) is 0 Å². The third-order valence-corrected chi connectivity index (χ3v) is 5.08. The van der Waals surface area contributed by atoms with Crippen molar-refractivity contribution in [3.63, 3.8) is 0 Å². The molecule has 0 unspecified atom stereocenters. The number of halogens is 1. The highest BCUT2D eigenvalue weighted by Crippen LogP contribution is 2.38. The predicted molar refractivity (Wildman–Crippen MR) is 122 cm³/mol. The van der Waals surface area contributed by atoms with Gasteiger partial charge in [-0.1, -0.05) is 24.6 Å². The van der Waals surface area contributed by atoms with Gasteiger partial charge in [0.1, 0.15) is 23.6 Å². The number of nitrogens with zero attached hydrogens (tertiary/aromatic N) is 2. The van der Waals surface area contributed by atoms with Crippen LogP contribution in [0.1, 0.15) is 24.5 Å². The number of nitrogens with one attached hydrogen (secondary N) is 2. The monoisotopic (exact) mass is 458 g/mol. The summed E-state index contributed by atoms with van der Waals surface area (Å²) in [4.78, 5) is 32.2. The summed E-state index contributed by atoms with van der Waals surface area (Å²) >= 11 is 6.20. The quantitative estimate of drug-likeness (QED) is 0.441. The molecule has 0 spiro atoms. The molecule has 10 heteroatoms. The number of carbonyl (C=O) groups excluding carboxylic acids is 1. The van der Waals surface area contributed by atoms with Gasteiger partial charge in [-0.15, -0.1) is 0 Å². The molecule has 0 saturated carbocycles. The number of carboxylic acids is 1. The van der Waals surface area contributed by atoms with Gasteiger partial charge in [-0.25, -0.2) is 9.97 Å². The molecule has 0 atom stereocenters. The van der Waals surface area contributed by atoms with E-state index < -0.39 is 5.97 Å². The van der Waals surface area contributed by atoms with E-state index in [1.807, 2.05) is 6.07 Å². The maximum absolute atomic E-state index is 12.0. The first-order valence-electron chi connectivity index (χ1n) is 9.80. The van der Waals surface area contributed by atoms with Crippen molar-refractivity contribution in [3.05, 3.63) is 46.7 Å². The highest BCUT2D eigenvalue weighted by Gasteiger charge is 2.21. The first kappa shape index (κ1) is 23.1. The zero-order valence-electron chi connectivity index (χ0n) is 17.9. The largest absolute Gasteiger partial charge is 0.495 e. The number of carboxylic acid groups (broad SMARTS) is 1. The van der Waals surface area contributed by atoms with E-state index in [4.69, 9.17) is 21.1 Å². The zero-order chi connectivity index (χ0) is 23.3. The van der Waals surface area contributed by atoms with Gasteiger partial charge >= 0.3 is 5.97 Å². The molecule has 0 bridgehead atoms. The van der Waals surface area contributed by atoms with Gasteiger partial charge in [0.25, 0.3) is 0 Å².